The van der Waals surface area contributed by atoms with Crippen LogP contribution in [0.5, 0.6) is 0 Å². The summed E-state index contributed by atoms with van der Waals surface area (Å²) in [7, 11) is 2.03. The van der Waals surface area contributed by atoms with E-state index in [9.17, 15) is 0 Å². The number of aryl methyl sites for hydroxylation is 1. The molecule has 0 bridgehead atoms. The fourth-order valence-electron chi connectivity index (χ4n) is 2.11. The SMILES string of the molecule is CCNC(=NCCc1nc(C)no1)N(C)Cc1ccc(Br)cc1. The van der Waals surface area contributed by atoms with Gasteiger partial charge in [-0.25, -0.2) is 0 Å². The lowest BCUT2D eigenvalue weighted by Gasteiger charge is -2.22. The summed E-state index contributed by atoms with van der Waals surface area (Å²) in [6.45, 7) is 6.09. The van der Waals surface area contributed by atoms with Crippen molar-refractivity contribution in [1.82, 2.24) is 20.4 Å². The third-order valence-corrected chi connectivity index (χ3v) is 3.72. The monoisotopic (exact) mass is 379 g/mol. The Kier molecular flexibility index (Phi) is 6.58. The summed E-state index contributed by atoms with van der Waals surface area (Å²) in [5.41, 5.74) is 1.23. The summed E-state index contributed by atoms with van der Waals surface area (Å²) >= 11 is 3.45. The van der Waals surface area contributed by atoms with Gasteiger partial charge in [0.15, 0.2) is 11.8 Å². The van der Waals surface area contributed by atoms with Gasteiger partial charge in [0.25, 0.3) is 0 Å². The molecule has 0 fully saturated rings. The van der Waals surface area contributed by atoms with Crippen molar-refractivity contribution in [3.8, 4) is 0 Å². The Balaban J connectivity index is 1.95. The van der Waals surface area contributed by atoms with E-state index in [1.165, 1.54) is 5.56 Å². The second-order valence-electron chi connectivity index (χ2n) is 5.20. The number of aromatic nitrogens is 2. The number of nitrogens with zero attached hydrogens (tertiary/aromatic N) is 4. The maximum atomic E-state index is 5.10. The van der Waals surface area contributed by atoms with Crippen LogP contribution in [0.4, 0.5) is 0 Å². The lowest BCUT2D eigenvalue weighted by molar-refractivity contribution is 0.375. The van der Waals surface area contributed by atoms with Gasteiger partial charge in [-0.15, -0.1) is 0 Å². The third-order valence-electron chi connectivity index (χ3n) is 3.19. The van der Waals surface area contributed by atoms with Crippen molar-refractivity contribution in [2.75, 3.05) is 20.1 Å². The van der Waals surface area contributed by atoms with Gasteiger partial charge < -0.3 is 14.7 Å². The van der Waals surface area contributed by atoms with E-state index in [-0.39, 0.29) is 0 Å². The Bertz CT molecular complexity index is 638. The Morgan fingerprint density at radius 2 is 2.09 bits per heavy atom. The minimum atomic E-state index is 0.606. The highest BCUT2D eigenvalue weighted by Gasteiger charge is 2.07. The molecule has 2 rings (SSSR count). The fourth-order valence-corrected chi connectivity index (χ4v) is 2.37. The van der Waals surface area contributed by atoms with Crippen molar-refractivity contribution in [2.24, 2.45) is 4.99 Å². The molecule has 0 radical (unpaired) electrons. The molecule has 0 spiro atoms. The number of aliphatic imine (C=N–C) groups is 1. The molecular weight excluding hydrogens is 358 g/mol. The van der Waals surface area contributed by atoms with E-state index in [1.54, 1.807) is 0 Å². The second kappa shape index (κ2) is 8.67. The van der Waals surface area contributed by atoms with E-state index >= 15 is 0 Å². The van der Waals surface area contributed by atoms with Gasteiger partial charge in [-0.3, -0.25) is 4.99 Å². The van der Waals surface area contributed by atoms with Gasteiger partial charge in [0.2, 0.25) is 5.89 Å². The highest BCUT2D eigenvalue weighted by Crippen LogP contribution is 2.11. The van der Waals surface area contributed by atoms with E-state index in [0.29, 0.717) is 24.7 Å². The predicted molar refractivity (Wildman–Crippen MR) is 94.3 cm³/mol. The average Bonchev–Trinajstić information content (AvgIpc) is 2.94. The quantitative estimate of drug-likeness (QED) is 0.617. The number of hydrogen-bond donors (Lipinski definition) is 1. The molecule has 23 heavy (non-hydrogen) atoms. The van der Waals surface area contributed by atoms with Gasteiger partial charge >= 0.3 is 0 Å². The van der Waals surface area contributed by atoms with Crippen molar-refractivity contribution >= 4 is 21.9 Å². The Hall–Kier alpha value is -1.89. The van der Waals surface area contributed by atoms with Crippen molar-refractivity contribution < 1.29 is 4.52 Å². The number of rotatable bonds is 6. The topological polar surface area (TPSA) is 66.5 Å². The van der Waals surface area contributed by atoms with Gasteiger partial charge in [0.05, 0.1) is 6.54 Å². The number of halogens is 1. The smallest absolute Gasteiger partial charge is 0.228 e. The van der Waals surface area contributed by atoms with Gasteiger partial charge in [0, 0.05) is 31.0 Å². The maximum Gasteiger partial charge on any atom is 0.228 e. The molecule has 0 atom stereocenters. The van der Waals surface area contributed by atoms with Crippen molar-refractivity contribution in [3.05, 3.63) is 46.0 Å². The molecule has 0 aliphatic carbocycles. The van der Waals surface area contributed by atoms with E-state index in [1.807, 2.05) is 26.1 Å². The third kappa shape index (κ3) is 5.67. The Labute approximate surface area is 145 Å². The normalized spacial score (nSPS) is 11.6. The molecule has 0 saturated heterocycles. The lowest BCUT2D eigenvalue weighted by Crippen LogP contribution is -2.38. The molecule has 1 N–H and O–H groups in total. The molecule has 6 nitrogen and oxygen atoms in total. The van der Waals surface area contributed by atoms with Crippen LogP contribution in [0.1, 0.15) is 24.2 Å². The van der Waals surface area contributed by atoms with Crippen LogP contribution in [-0.4, -0.2) is 41.1 Å². The maximum absolute atomic E-state index is 5.10. The molecule has 1 heterocycles. The van der Waals surface area contributed by atoms with Crippen LogP contribution in [0.25, 0.3) is 0 Å². The molecule has 1 aromatic heterocycles. The van der Waals surface area contributed by atoms with Gasteiger partial charge in [-0.2, -0.15) is 4.98 Å². The first-order chi connectivity index (χ1) is 11.1. The van der Waals surface area contributed by atoms with Crippen LogP contribution in [-0.2, 0) is 13.0 Å². The molecule has 0 aliphatic heterocycles. The first kappa shape index (κ1) is 17.5. The van der Waals surface area contributed by atoms with E-state index in [0.717, 1.165) is 23.5 Å². The molecule has 0 amide bonds. The minimum Gasteiger partial charge on any atom is -0.357 e. The summed E-state index contributed by atoms with van der Waals surface area (Å²) in [4.78, 5) is 10.9. The second-order valence-corrected chi connectivity index (χ2v) is 6.12. The first-order valence-electron chi connectivity index (χ1n) is 7.61. The van der Waals surface area contributed by atoms with Crippen LogP contribution in [0.2, 0.25) is 0 Å². The first-order valence-corrected chi connectivity index (χ1v) is 8.41. The van der Waals surface area contributed by atoms with Crippen LogP contribution < -0.4 is 5.32 Å². The van der Waals surface area contributed by atoms with Gasteiger partial charge in [-0.05, 0) is 31.5 Å². The minimum absolute atomic E-state index is 0.606. The van der Waals surface area contributed by atoms with E-state index < -0.39 is 0 Å². The molecule has 0 saturated carbocycles. The fraction of sp³-hybridized carbons (Fsp3) is 0.438. The zero-order chi connectivity index (χ0) is 16.7. The van der Waals surface area contributed by atoms with Crippen molar-refractivity contribution in [1.29, 1.82) is 0 Å². The summed E-state index contributed by atoms with van der Waals surface area (Å²) < 4.78 is 6.19. The van der Waals surface area contributed by atoms with E-state index in [4.69, 9.17) is 4.52 Å². The molecule has 0 aliphatic rings. The number of hydrogen-bond acceptors (Lipinski definition) is 4. The van der Waals surface area contributed by atoms with E-state index in [2.05, 4.69) is 60.3 Å². The average molecular weight is 380 g/mol. The highest BCUT2D eigenvalue weighted by molar-refractivity contribution is 9.10. The number of nitrogens with one attached hydrogen (secondary N) is 1. The number of guanidine groups is 1. The number of benzene rings is 1. The lowest BCUT2D eigenvalue weighted by atomic mass is 10.2. The molecule has 2 aromatic rings. The zero-order valence-electron chi connectivity index (χ0n) is 13.7. The molecule has 1 aromatic carbocycles. The predicted octanol–water partition coefficient (Wildman–Crippen LogP) is 2.78. The van der Waals surface area contributed by atoms with Crippen molar-refractivity contribution in [3.63, 3.8) is 0 Å². The Morgan fingerprint density at radius 1 is 1.35 bits per heavy atom. The van der Waals surface area contributed by atoms with Crippen molar-refractivity contribution in [2.45, 2.75) is 26.8 Å². The van der Waals surface area contributed by atoms with Crippen LogP contribution in [0.15, 0.2) is 38.3 Å². The summed E-state index contributed by atoms with van der Waals surface area (Å²) in [6, 6.07) is 8.30. The highest BCUT2D eigenvalue weighted by atomic mass is 79.9. The largest absolute Gasteiger partial charge is 0.357 e. The van der Waals surface area contributed by atoms with Crippen LogP contribution in [0, 0.1) is 6.92 Å². The molecule has 124 valence electrons. The van der Waals surface area contributed by atoms with Gasteiger partial charge in [-0.1, -0.05) is 33.2 Å². The molecule has 0 unspecified atom stereocenters. The summed E-state index contributed by atoms with van der Waals surface area (Å²) in [5.74, 6) is 2.15. The Morgan fingerprint density at radius 3 is 2.70 bits per heavy atom. The van der Waals surface area contributed by atoms with Crippen LogP contribution in [0.3, 0.4) is 0 Å². The zero-order valence-corrected chi connectivity index (χ0v) is 15.3. The standard InChI is InChI=1S/C16H22BrN5O/c1-4-18-16(19-10-9-15-20-12(2)21-23-15)22(3)11-13-5-7-14(17)8-6-13/h5-8H,4,9-11H2,1-3H3,(H,18,19). The molecule has 7 heteroatoms. The molecular formula is C16H22BrN5O. The summed E-state index contributed by atoms with van der Waals surface area (Å²) in [6.07, 6.45) is 0.641. The van der Waals surface area contributed by atoms with Crippen LogP contribution >= 0.6 is 15.9 Å². The summed E-state index contributed by atoms with van der Waals surface area (Å²) in [5, 5.41) is 7.09. The van der Waals surface area contributed by atoms with Gasteiger partial charge in [0.1, 0.15) is 0 Å².